The second-order valence-corrected chi connectivity index (χ2v) is 6.51. The van der Waals surface area contributed by atoms with Crippen molar-refractivity contribution in [1.29, 1.82) is 0 Å². The highest BCUT2D eigenvalue weighted by Gasteiger charge is 2.20. The lowest BCUT2D eigenvalue weighted by atomic mass is 10.1. The van der Waals surface area contributed by atoms with Gasteiger partial charge in [-0.2, -0.15) is 0 Å². The van der Waals surface area contributed by atoms with E-state index >= 15 is 0 Å². The van der Waals surface area contributed by atoms with Crippen molar-refractivity contribution in [2.24, 2.45) is 0 Å². The molecule has 146 valence electrons. The highest BCUT2D eigenvalue weighted by molar-refractivity contribution is 6.32. The minimum absolute atomic E-state index is 0.103. The van der Waals surface area contributed by atoms with Gasteiger partial charge in [0.15, 0.2) is 0 Å². The molecule has 0 radical (unpaired) electrons. The van der Waals surface area contributed by atoms with Crippen molar-refractivity contribution in [3.8, 4) is 5.75 Å². The first-order valence-electron chi connectivity index (χ1n) is 8.25. The van der Waals surface area contributed by atoms with Crippen molar-refractivity contribution in [3.05, 3.63) is 70.4 Å². The first-order valence-corrected chi connectivity index (χ1v) is 9.01. The lowest BCUT2D eigenvalue weighted by Crippen LogP contribution is -2.19. The lowest BCUT2D eigenvalue weighted by Gasteiger charge is -2.16. The summed E-state index contributed by atoms with van der Waals surface area (Å²) in [6, 6.07) is 6.11. The van der Waals surface area contributed by atoms with Gasteiger partial charge in [0.1, 0.15) is 11.6 Å². The molecule has 0 aliphatic rings. The molecule has 0 unspecified atom stereocenters. The molecule has 1 heterocycles. The van der Waals surface area contributed by atoms with Crippen molar-refractivity contribution in [2.75, 3.05) is 17.7 Å². The van der Waals surface area contributed by atoms with E-state index in [0.29, 0.717) is 10.8 Å². The van der Waals surface area contributed by atoms with Crippen LogP contribution < -0.4 is 15.4 Å². The molecular weight excluding hydrogens is 401 g/mol. The highest BCUT2D eigenvalue weighted by Crippen LogP contribution is 2.33. The maximum Gasteiger partial charge on any atom is 0.259 e. The summed E-state index contributed by atoms with van der Waals surface area (Å²) in [4.78, 5) is 29.2. The van der Waals surface area contributed by atoms with E-state index in [4.69, 9.17) is 27.9 Å². The number of hydrogen-bond donors (Lipinski definition) is 2. The summed E-state index contributed by atoms with van der Waals surface area (Å²) in [6.07, 6.45) is 4.89. The SMILES string of the molecule is C=C/C(=C\C)CC(=O)Nc1c(OC)cc(Cl)cc1C(=O)Nc1ccc(Cl)cn1. The van der Waals surface area contributed by atoms with Crippen LogP contribution in [0.3, 0.4) is 0 Å². The zero-order valence-electron chi connectivity index (χ0n) is 15.4. The number of carbonyl (C=O) groups is 2. The summed E-state index contributed by atoms with van der Waals surface area (Å²) in [5, 5.41) is 6.08. The number of halogens is 2. The summed E-state index contributed by atoms with van der Waals surface area (Å²) in [5.41, 5.74) is 1.10. The van der Waals surface area contributed by atoms with Crippen LogP contribution in [0.2, 0.25) is 10.0 Å². The molecule has 2 amide bonds. The van der Waals surface area contributed by atoms with Crippen molar-refractivity contribution in [1.82, 2.24) is 4.98 Å². The second kappa shape index (κ2) is 9.92. The Labute approximate surface area is 173 Å². The summed E-state index contributed by atoms with van der Waals surface area (Å²) in [7, 11) is 1.42. The standard InChI is InChI=1S/C20H19Cl2N3O3/c1-4-12(5-2)8-18(26)25-19-15(9-14(22)10-16(19)28-3)20(27)24-17-7-6-13(21)11-23-17/h4-7,9-11H,1,8H2,2-3H3,(H,25,26)(H,23,24,27)/b12-5+. The van der Waals surface area contributed by atoms with Gasteiger partial charge in [-0.25, -0.2) is 4.98 Å². The van der Waals surface area contributed by atoms with E-state index in [9.17, 15) is 9.59 Å². The summed E-state index contributed by atoms with van der Waals surface area (Å²) in [6.45, 7) is 5.48. The van der Waals surface area contributed by atoms with Crippen LogP contribution in [0.15, 0.2) is 54.8 Å². The molecule has 28 heavy (non-hydrogen) atoms. The Morgan fingerprint density at radius 1 is 1.21 bits per heavy atom. The van der Waals surface area contributed by atoms with Crippen LogP contribution in [0.25, 0.3) is 0 Å². The Morgan fingerprint density at radius 2 is 1.96 bits per heavy atom. The maximum absolute atomic E-state index is 12.8. The predicted octanol–water partition coefficient (Wildman–Crippen LogP) is 5.11. The first-order chi connectivity index (χ1) is 13.4. The molecule has 2 aromatic rings. The topological polar surface area (TPSA) is 80.3 Å². The molecule has 0 bridgehead atoms. The van der Waals surface area contributed by atoms with E-state index < -0.39 is 5.91 Å². The number of anilines is 2. The number of rotatable bonds is 7. The molecule has 0 fully saturated rings. The Hall–Kier alpha value is -2.83. The number of aromatic nitrogens is 1. The van der Waals surface area contributed by atoms with Gasteiger partial charge in [-0.15, -0.1) is 0 Å². The minimum Gasteiger partial charge on any atom is -0.494 e. The quantitative estimate of drug-likeness (QED) is 0.610. The average molecular weight is 420 g/mol. The normalized spacial score (nSPS) is 10.9. The number of pyridine rings is 1. The third-order valence-corrected chi connectivity index (χ3v) is 4.20. The van der Waals surface area contributed by atoms with Gasteiger partial charge in [0.05, 0.1) is 29.8 Å². The van der Waals surface area contributed by atoms with Crippen molar-refractivity contribution in [3.63, 3.8) is 0 Å². The Bertz CT molecular complexity index is 925. The Morgan fingerprint density at radius 3 is 2.54 bits per heavy atom. The third kappa shape index (κ3) is 5.58. The van der Waals surface area contributed by atoms with Crippen molar-refractivity contribution in [2.45, 2.75) is 13.3 Å². The number of carbonyl (C=O) groups excluding carboxylic acids is 2. The van der Waals surface area contributed by atoms with E-state index in [-0.39, 0.29) is 34.4 Å². The highest BCUT2D eigenvalue weighted by atomic mass is 35.5. The lowest BCUT2D eigenvalue weighted by molar-refractivity contribution is -0.115. The van der Waals surface area contributed by atoms with E-state index in [1.54, 1.807) is 24.3 Å². The van der Waals surface area contributed by atoms with Gasteiger partial charge in [-0.1, -0.05) is 41.9 Å². The second-order valence-electron chi connectivity index (χ2n) is 5.64. The molecule has 0 saturated carbocycles. The summed E-state index contributed by atoms with van der Waals surface area (Å²) < 4.78 is 5.29. The molecule has 0 spiro atoms. The van der Waals surface area contributed by atoms with Crippen LogP contribution in [-0.4, -0.2) is 23.9 Å². The fourth-order valence-corrected chi connectivity index (χ4v) is 2.67. The van der Waals surface area contributed by atoms with Gasteiger partial charge in [-0.05, 0) is 30.7 Å². The van der Waals surface area contributed by atoms with Gasteiger partial charge in [0.25, 0.3) is 5.91 Å². The van der Waals surface area contributed by atoms with Crippen LogP contribution >= 0.6 is 23.2 Å². The molecule has 2 N–H and O–H groups in total. The molecule has 8 heteroatoms. The minimum atomic E-state index is -0.513. The summed E-state index contributed by atoms with van der Waals surface area (Å²) in [5.74, 6) is -0.280. The predicted molar refractivity (Wildman–Crippen MR) is 112 cm³/mol. The maximum atomic E-state index is 12.8. The number of nitrogens with one attached hydrogen (secondary N) is 2. The van der Waals surface area contributed by atoms with Crippen molar-refractivity contribution < 1.29 is 14.3 Å². The molecular formula is C20H19Cl2N3O3. The van der Waals surface area contributed by atoms with Crippen LogP contribution in [-0.2, 0) is 4.79 Å². The average Bonchev–Trinajstić information content (AvgIpc) is 2.68. The number of amides is 2. The fraction of sp³-hybridized carbons (Fsp3) is 0.150. The van der Waals surface area contributed by atoms with Gasteiger partial charge < -0.3 is 15.4 Å². The van der Waals surface area contributed by atoms with E-state index in [1.165, 1.54) is 25.4 Å². The third-order valence-electron chi connectivity index (χ3n) is 3.76. The Kier molecular flexibility index (Phi) is 7.61. The van der Waals surface area contributed by atoms with Crippen LogP contribution in [0, 0.1) is 0 Å². The van der Waals surface area contributed by atoms with Crippen LogP contribution in [0.1, 0.15) is 23.7 Å². The number of methoxy groups -OCH3 is 1. The number of hydrogen-bond acceptors (Lipinski definition) is 4. The van der Waals surface area contributed by atoms with Gasteiger partial charge >= 0.3 is 0 Å². The van der Waals surface area contributed by atoms with Gasteiger partial charge in [0.2, 0.25) is 5.91 Å². The van der Waals surface area contributed by atoms with Gasteiger partial charge in [-0.3, -0.25) is 9.59 Å². The van der Waals surface area contributed by atoms with E-state index in [1.807, 2.05) is 6.92 Å². The molecule has 0 atom stereocenters. The molecule has 6 nitrogen and oxygen atoms in total. The number of benzene rings is 1. The number of nitrogens with zero attached hydrogens (tertiary/aromatic N) is 1. The molecule has 0 saturated heterocycles. The largest absolute Gasteiger partial charge is 0.494 e. The summed E-state index contributed by atoms with van der Waals surface area (Å²) >= 11 is 11.9. The van der Waals surface area contributed by atoms with Crippen LogP contribution in [0.4, 0.5) is 11.5 Å². The van der Waals surface area contributed by atoms with E-state index in [2.05, 4.69) is 22.2 Å². The molecule has 0 aliphatic heterocycles. The van der Waals surface area contributed by atoms with E-state index in [0.717, 1.165) is 5.57 Å². The number of ether oxygens (including phenoxy) is 1. The van der Waals surface area contributed by atoms with Gasteiger partial charge in [0, 0.05) is 17.3 Å². The van der Waals surface area contributed by atoms with Crippen molar-refractivity contribution >= 4 is 46.5 Å². The fourth-order valence-electron chi connectivity index (χ4n) is 2.35. The smallest absolute Gasteiger partial charge is 0.259 e. The zero-order chi connectivity index (χ0) is 20.7. The first kappa shape index (κ1) is 21.5. The molecule has 0 aliphatic carbocycles. The zero-order valence-corrected chi connectivity index (χ0v) is 16.9. The number of allylic oxidation sites excluding steroid dienone is 2. The molecule has 1 aromatic heterocycles. The molecule has 2 rings (SSSR count). The van der Waals surface area contributed by atoms with Crippen LogP contribution in [0.5, 0.6) is 5.75 Å². The Balaban J connectivity index is 2.35. The molecule has 1 aromatic carbocycles. The monoisotopic (exact) mass is 419 g/mol.